The number of nitrogens with zero attached hydrogens (tertiary/aromatic N) is 2. The van der Waals surface area contributed by atoms with Gasteiger partial charge in [0.15, 0.2) is 5.84 Å². The fourth-order valence-corrected chi connectivity index (χ4v) is 4.64. The monoisotopic (exact) mass is 359 g/mol. The second kappa shape index (κ2) is 6.63. The number of benzene rings is 2. The Labute approximate surface area is 162 Å². The van der Waals surface area contributed by atoms with Crippen LogP contribution in [0.5, 0.6) is 0 Å². The van der Waals surface area contributed by atoms with Crippen molar-refractivity contribution in [3.63, 3.8) is 0 Å². The average molecular weight is 360 g/mol. The van der Waals surface area contributed by atoms with Crippen LogP contribution in [0.25, 0.3) is 0 Å². The Morgan fingerprint density at radius 2 is 1.74 bits per heavy atom. The van der Waals surface area contributed by atoms with E-state index in [-0.39, 0.29) is 5.41 Å². The molecule has 2 aromatic rings. The van der Waals surface area contributed by atoms with E-state index in [0.29, 0.717) is 11.3 Å². The van der Waals surface area contributed by atoms with Gasteiger partial charge in [-0.25, -0.2) is 9.98 Å². The number of nitrogens with two attached hydrogens (primary N) is 1. The highest BCUT2D eigenvalue weighted by atomic mass is 15.0. The molecule has 0 radical (unpaired) electrons. The van der Waals surface area contributed by atoms with Gasteiger partial charge < -0.3 is 5.73 Å². The van der Waals surface area contributed by atoms with Crippen LogP contribution >= 0.6 is 0 Å². The van der Waals surface area contributed by atoms with Crippen LogP contribution in [0, 0.1) is 12.3 Å². The first-order valence-electron chi connectivity index (χ1n) is 10.0. The highest BCUT2D eigenvalue weighted by molar-refractivity contribution is 6.08. The van der Waals surface area contributed by atoms with Crippen LogP contribution in [0.15, 0.2) is 58.5 Å². The molecule has 4 rings (SSSR count). The second-order valence-corrected chi connectivity index (χ2v) is 8.65. The Bertz CT molecular complexity index is 927. The predicted octanol–water partition coefficient (Wildman–Crippen LogP) is 5.67. The Balaban J connectivity index is 1.91. The number of amidine groups is 2. The first-order chi connectivity index (χ1) is 12.9. The van der Waals surface area contributed by atoms with Gasteiger partial charge in [-0.3, -0.25) is 0 Å². The second-order valence-electron chi connectivity index (χ2n) is 8.65. The van der Waals surface area contributed by atoms with Gasteiger partial charge in [-0.2, -0.15) is 0 Å². The molecule has 2 atom stereocenters. The lowest BCUT2D eigenvalue weighted by Gasteiger charge is -2.22. The zero-order valence-electron chi connectivity index (χ0n) is 16.6. The van der Waals surface area contributed by atoms with Crippen LogP contribution in [0.4, 0.5) is 5.69 Å². The molecule has 0 bridgehead atoms. The summed E-state index contributed by atoms with van der Waals surface area (Å²) in [6.45, 7) is 6.93. The number of aliphatic imine (C=N–C) groups is 2. The summed E-state index contributed by atoms with van der Waals surface area (Å²) in [4.78, 5) is 9.78. The molecule has 27 heavy (non-hydrogen) atoms. The van der Waals surface area contributed by atoms with Crippen molar-refractivity contribution < 1.29 is 0 Å². The maximum Gasteiger partial charge on any atom is 0.162 e. The normalized spacial score (nSPS) is 29.3. The summed E-state index contributed by atoms with van der Waals surface area (Å²) in [7, 11) is 0. The van der Waals surface area contributed by atoms with E-state index in [1.807, 2.05) is 18.2 Å². The van der Waals surface area contributed by atoms with E-state index in [0.717, 1.165) is 35.5 Å². The molecule has 1 saturated carbocycles. The van der Waals surface area contributed by atoms with Crippen molar-refractivity contribution in [2.45, 2.75) is 58.3 Å². The maximum absolute atomic E-state index is 6.30. The van der Waals surface area contributed by atoms with Crippen molar-refractivity contribution in [2.24, 2.45) is 21.1 Å². The molecule has 0 saturated heterocycles. The zero-order chi connectivity index (χ0) is 19.1. The molecule has 0 amide bonds. The van der Waals surface area contributed by atoms with Gasteiger partial charge in [-0.05, 0) is 54.2 Å². The third-order valence-corrected chi connectivity index (χ3v) is 6.72. The number of para-hydroxylation sites is 1. The molecule has 0 spiro atoms. The molecule has 1 unspecified atom stereocenters. The molecule has 0 aromatic heterocycles. The lowest BCUT2D eigenvalue weighted by molar-refractivity contribution is 0.420. The Hall–Kier alpha value is -2.42. The van der Waals surface area contributed by atoms with Crippen LogP contribution in [0.3, 0.4) is 0 Å². The molecular formula is C24H29N3. The summed E-state index contributed by atoms with van der Waals surface area (Å²) < 4.78 is 0. The fraction of sp³-hybridized carbons (Fsp3) is 0.417. The third-order valence-electron chi connectivity index (χ3n) is 6.72. The van der Waals surface area contributed by atoms with E-state index in [2.05, 4.69) is 51.1 Å². The van der Waals surface area contributed by atoms with Gasteiger partial charge in [0, 0.05) is 12.0 Å². The topological polar surface area (TPSA) is 50.7 Å². The fourth-order valence-electron chi connectivity index (χ4n) is 4.64. The quantitative estimate of drug-likeness (QED) is 0.700. The van der Waals surface area contributed by atoms with Crippen molar-refractivity contribution in [3.05, 3.63) is 65.2 Å². The summed E-state index contributed by atoms with van der Waals surface area (Å²) >= 11 is 0. The Morgan fingerprint density at radius 3 is 2.56 bits per heavy atom. The first-order valence-corrected chi connectivity index (χ1v) is 10.0. The van der Waals surface area contributed by atoms with Gasteiger partial charge >= 0.3 is 0 Å². The van der Waals surface area contributed by atoms with Crippen LogP contribution in [0.2, 0.25) is 0 Å². The first kappa shape index (κ1) is 18.0. The smallest absolute Gasteiger partial charge is 0.162 e. The number of rotatable bonds is 1. The van der Waals surface area contributed by atoms with Crippen molar-refractivity contribution in [1.82, 2.24) is 0 Å². The number of hydrogen-bond acceptors (Lipinski definition) is 2. The minimum Gasteiger partial charge on any atom is -0.387 e. The van der Waals surface area contributed by atoms with E-state index in [4.69, 9.17) is 15.7 Å². The number of hydrogen-bond donors (Lipinski definition) is 1. The summed E-state index contributed by atoms with van der Waals surface area (Å²) in [5.41, 5.74) is 11.4. The van der Waals surface area contributed by atoms with Crippen LogP contribution in [0.1, 0.15) is 62.6 Å². The van der Waals surface area contributed by atoms with Crippen LogP contribution in [-0.4, -0.2) is 11.7 Å². The SMILES string of the molecule is Cc1ccccc1N=C1N=C(N)CCCC[C@]2(C)CC2(C)c2ccccc21. The largest absolute Gasteiger partial charge is 0.387 e. The zero-order valence-corrected chi connectivity index (χ0v) is 16.6. The highest BCUT2D eigenvalue weighted by Crippen LogP contribution is 2.67. The molecule has 3 heteroatoms. The Kier molecular flexibility index (Phi) is 4.41. The molecule has 2 N–H and O–H groups in total. The lowest BCUT2D eigenvalue weighted by Crippen LogP contribution is -2.18. The van der Waals surface area contributed by atoms with E-state index in [9.17, 15) is 0 Å². The van der Waals surface area contributed by atoms with Crippen molar-refractivity contribution >= 4 is 17.4 Å². The van der Waals surface area contributed by atoms with E-state index >= 15 is 0 Å². The van der Waals surface area contributed by atoms with Gasteiger partial charge in [-0.1, -0.05) is 62.7 Å². The van der Waals surface area contributed by atoms with Crippen molar-refractivity contribution in [1.29, 1.82) is 0 Å². The molecule has 140 valence electrons. The molecular weight excluding hydrogens is 330 g/mol. The van der Waals surface area contributed by atoms with Gasteiger partial charge in [-0.15, -0.1) is 0 Å². The molecule has 3 nitrogen and oxygen atoms in total. The van der Waals surface area contributed by atoms with Gasteiger partial charge in [0.1, 0.15) is 5.84 Å². The molecule has 2 aliphatic rings. The van der Waals surface area contributed by atoms with Crippen LogP contribution in [-0.2, 0) is 5.41 Å². The summed E-state index contributed by atoms with van der Waals surface area (Å²) in [5.74, 6) is 1.43. The highest BCUT2D eigenvalue weighted by Gasteiger charge is 2.61. The van der Waals surface area contributed by atoms with E-state index in [1.165, 1.54) is 24.8 Å². The summed E-state index contributed by atoms with van der Waals surface area (Å²) in [5, 5.41) is 0. The summed E-state index contributed by atoms with van der Waals surface area (Å²) in [6, 6.07) is 16.8. The number of fused-ring (bicyclic) bond motifs is 3. The van der Waals surface area contributed by atoms with Crippen molar-refractivity contribution in [2.75, 3.05) is 0 Å². The lowest BCUT2D eigenvalue weighted by atomic mass is 9.83. The average Bonchev–Trinajstić information content (AvgIpc) is 3.22. The van der Waals surface area contributed by atoms with Gasteiger partial charge in [0.05, 0.1) is 5.69 Å². The molecule has 2 aromatic carbocycles. The van der Waals surface area contributed by atoms with Gasteiger partial charge in [0.25, 0.3) is 0 Å². The Morgan fingerprint density at radius 1 is 1.00 bits per heavy atom. The summed E-state index contributed by atoms with van der Waals surface area (Å²) in [6.07, 6.45) is 5.61. The molecule has 1 heterocycles. The predicted molar refractivity (Wildman–Crippen MR) is 114 cm³/mol. The number of aryl methyl sites for hydroxylation is 1. The third kappa shape index (κ3) is 3.20. The van der Waals surface area contributed by atoms with E-state index < -0.39 is 0 Å². The minimum atomic E-state index is 0.185. The molecule has 1 aliphatic heterocycles. The molecule has 1 aliphatic carbocycles. The van der Waals surface area contributed by atoms with Crippen LogP contribution < -0.4 is 5.73 Å². The van der Waals surface area contributed by atoms with E-state index in [1.54, 1.807) is 0 Å². The van der Waals surface area contributed by atoms with Crippen molar-refractivity contribution in [3.8, 4) is 0 Å². The molecule has 1 fully saturated rings. The van der Waals surface area contributed by atoms with Gasteiger partial charge in [0.2, 0.25) is 0 Å². The standard InChI is InChI=1S/C24H29N3/c1-17-10-4-7-13-20(17)26-22-18-11-5-6-12-19(18)24(3)16-23(24,2)15-9-8-14-21(25)27-22/h4-7,10-13H,8-9,14-16H2,1-3H3,(H2,25,26,27)/t23-,24?/m1/s1. The maximum atomic E-state index is 6.30. The minimum absolute atomic E-state index is 0.185.